The van der Waals surface area contributed by atoms with Gasteiger partial charge in [0.05, 0.1) is 11.1 Å². The summed E-state index contributed by atoms with van der Waals surface area (Å²) in [4.78, 5) is 0. The van der Waals surface area contributed by atoms with Crippen molar-refractivity contribution in [3.05, 3.63) is 5.21 Å². The van der Waals surface area contributed by atoms with Gasteiger partial charge in [-0.15, -0.1) is 0 Å². The minimum atomic E-state index is -0.0102. The molecule has 0 amide bonds. The predicted molar refractivity (Wildman–Crippen MR) is 69.4 cm³/mol. The Labute approximate surface area is 101 Å². The van der Waals surface area contributed by atoms with Crippen LogP contribution in [0.1, 0.15) is 73.1 Å². The van der Waals surface area contributed by atoms with Crippen LogP contribution in [-0.2, 0) is 0 Å². The molecular formula is C14H29NO. The zero-order chi connectivity index (χ0) is 12.4. The molecule has 0 spiro atoms. The fourth-order valence-electron chi connectivity index (χ4n) is 3.87. The summed E-state index contributed by atoms with van der Waals surface area (Å²) in [7, 11) is 0. The van der Waals surface area contributed by atoms with E-state index in [1.54, 1.807) is 0 Å². The Morgan fingerprint density at radius 2 is 1.25 bits per heavy atom. The van der Waals surface area contributed by atoms with Gasteiger partial charge in [0.15, 0.2) is 0 Å². The Morgan fingerprint density at radius 3 is 1.50 bits per heavy atom. The third-order valence-electron chi connectivity index (χ3n) is 5.15. The molecule has 1 saturated heterocycles. The number of hydrogen-bond donors (Lipinski definition) is 1. The van der Waals surface area contributed by atoms with Crippen molar-refractivity contribution in [2.75, 3.05) is 0 Å². The second kappa shape index (κ2) is 5.05. The fraction of sp³-hybridized carbons (Fsp3) is 1.00. The van der Waals surface area contributed by atoms with E-state index in [2.05, 4.69) is 34.6 Å². The molecule has 0 bridgehead atoms. The zero-order valence-corrected chi connectivity index (χ0v) is 11.7. The van der Waals surface area contributed by atoms with Gasteiger partial charge in [0.1, 0.15) is 0 Å². The normalized spacial score (nSPS) is 32.6. The minimum Gasteiger partial charge on any atom is -0.634 e. The molecule has 0 aliphatic carbocycles. The first kappa shape index (κ1) is 14.0. The van der Waals surface area contributed by atoms with Crippen LogP contribution in [0.2, 0.25) is 0 Å². The van der Waals surface area contributed by atoms with Gasteiger partial charge in [-0.2, -0.15) is 0 Å². The Bertz CT molecular complexity index is 197. The standard InChI is InChI=1S/C14H29NO/c1-6-13(7-2)10-12(5)11-14(8-3,9-4)15(13)16/h12,15H,6-11H2,1-5H3. The molecule has 0 unspecified atom stereocenters. The number of piperidine rings is 1. The van der Waals surface area contributed by atoms with Gasteiger partial charge in [0.2, 0.25) is 0 Å². The van der Waals surface area contributed by atoms with E-state index >= 15 is 0 Å². The van der Waals surface area contributed by atoms with Crippen LogP contribution < -0.4 is 5.06 Å². The highest BCUT2D eigenvalue weighted by atomic mass is 16.5. The van der Waals surface area contributed by atoms with E-state index in [4.69, 9.17) is 0 Å². The maximum atomic E-state index is 12.8. The summed E-state index contributed by atoms with van der Waals surface area (Å²) in [5, 5.41) is 13.4. The lowest BCUT2D eigenvalue weighted by Crippen LogP contribution is -3.24. The quantitative estimate of drug-likeness (QED) is 0.735. The van der Waals surface area contributed by atoms with Crippen molar-refractivity contribution in [1.29, 1.82) is 0 Å². The van der Waals surface area contributed by atoms with E-state index < -0.39 is 0 Å². The van der Waals surface area contributed by atoms with Crippen LogP contribution in [0.4, 0.5) is 0 Å². The van der Waals surface area contributed by atoms with E-state index in [1.807, 2.05) is 0 Å². The van der Waals surface area contributed by atoms with Gasteiger partial charge in [-0.05, 0) is 31.6 Å². The summed E-state index contributed by atoms with van der Waals surface area (Å²) >= 11 is 0. The predicted octanol–water partition coefficient (Wildman–Crippen LogP) is 2.92. The van der Waals surface area contributed by atoms with Crippen LogP contribution in [0.15, 0.2) is 0 Å². The molecule has 0 atom stereocenters. The molecule has 0 aromatic carbocycles. The van der Waals surface area contributed by atoms with Crippen LogP contribution in [0.25, 0.3) is 0 Å². The first-order valence-electron chi connectivity index (χ1n) is 7.05. The van der Waals surface area contributed by atoms with Gasteiger partial charge >= 0.3 is 0 Å². The maximum absolute atomic E-state index is 12.8. The summed E-state index contributed by atoms with van der Waals surface area (Å²) in [5.41, 5.74) is -0.0205. The summed E-state index contributed by atoms with van der Waals surface area (Å²) < 4.78 is 0. The van der Waals surface area contributed by atoms with Gasteiger partial charge in [-0.25, -0.2) is 0 Å². The van der Waals surface area contributed by atoms with Gasteiger partial charge in [0, 0.05) is 12.8 Å². The van der Waals surface area contributed by atoms with E-state index in [-0.39, 0.29) is 11.1 Å². The molecule has 2 nitrogen and oxygen atoms in total. The second-order valence-electron chi connectivity index (χ2n) is 5.82. The first-order valence-corrected chi connectivity index (χ1v) is 7.05. The third kappa shape index (κ3) is 2.02. The molecule has 1 fully saturated rings. The second-order valence-corrected chi connectivity index (χ2v) is 5.82. The van der Waals surface area contributed by atoms with Crippen molar-refractivity contribution in [1.82, 2.24) is 0 Å². The van der Waals surface area contributed by atoms with Crippen molar-refractivity contribution >= 4 is 0 Å². The molecular weight excluding hydrogens is 198 g/mol. The van der Waals surface area contributed by atoms with Gasteiger partial charge in [-0.3, -0.25) is 0 Å². The number of nitrogens with one attached hydrogen (secondary N) is 1. The van der Waals surface area contributed by atoms with Crippen LogP contribution in [0.5, 0.6) is 0 Å². The summed E-state index contributed by atoms with van der Waals surface area (Å²) in [5.74, 6) is 0.706. The van der Waals surface area contributed by atoms with E-state index in [0.29, 0.717) is 11.0 Å². The smallest absolute Gasteiger partial charge is 0.0975 e. The summed E-state index contributed by atoms with van der Waals surface area (Å²) in [6.07, 6.45) is 6.31. The maximum Gasteiger partial charge on any atom is 0.0975 e. The average molecular weight is 227 g/mol. The van der Waals surface area contributed by atoms with E-state index in [9.17, 15) is 5.21 Å². The number of hydroxylamine groups is 2. The van der Waals surface area contributed by atoms with Crippen molar-refractivity contribution in [3.8, 4) is 0 Å². The van der Waals surface area contributed by atoms with E-state index in [1.165, 1.54) is 0 Å². The molecule has 1 aliphatic rings. The highest BCUT2D eigenvalue weighted by Gasteiger charge is 2.50. The summed E-state index contributed by atoms with van der Waals surface area (Å²) in [6, 6.07) is 0. The van der Waals surface area contributed by atoms with Crippen molar-refractivity contribution in [2.45, 2.75) is 84.2 Å². The van der Waals surface area contributed by atoms with Crippen molar-refractivity contribution in [3.63, 3.8) is 0 Å². The SMILES string of the molecule is CCC1(CC)CC(C)CC(CC)(CC)[NH+]1[O-]. The molecule has 0 saturated carbocycles. The van der Waals surface area contributed by atoms with E-state index in [0.717, 1.165) is 38.5 Å². The molecule has 96 valence electrons. The Kier molecular flexibility index (Phi) is 4.42. The van der Waals surface area contributed by atoms with Crippen LogP contribution >= 0.6 is 0 Å². The highest BCUT2D eigenvalue weighted by Crippen LogP contribution is 2.35. The molecule has 2 heteroatoms. The number of quaternary nitrogens is 1. The first-order chi connectivity index (χ1) is 7.50. The number of hydrogen-bond acceptors (Lipinski definition) is 1. The fourth-order valence-corrected chi connectivity index (χ4v) is 3.87. The molecule has 0 aromatic rings. The van der Waals surface area contributed by atoms with Crippen molar-refractivity contribution < 1.29 is 5.06 Å². The van der Waals surface area contributed by atoms with Crippen LogP contribution in [0, 0.1) is 11.1 Å². The molecule has 1 aliphatic heterocycles. The van der Waals surface area contributed by atoms with Crippen molar-refractivity contribution in [2.24, 2.45) is 5.92 Å². The van der Waals surface area contributed by atoms with Gasteiger partial charge < -0.3 is 10.3 Å². The van der Waals surface area contributed by atoms with Crippen LogP contribution in [0.3, 0.4) is 0 Å². The molecule has 16 heavy (non-hydrogen) atoms. The molecule has 1 heterocycles. The Balaban J connectivity index is 3.06. The molecule has 0 aromatic heterocycles. The lowest BCUT2D eigenvalue weighted by Gasteiger charge is -2.58. The lowest BCUT2D eigenvalue weighted by atomic mass is 9.69. The molecule has 0 radical (unpaired) electrons. The average Bonchev–Trinajstić information content (AvgIpc) is 2.32. The lowest BCUT2D eigenvalue weighted by molar-refractivity contribution is -0.966. The Hall–Kier alpha value is -0.0800. The number of rotatable bonds is 4. The Morgan fingerprint density at radius 1 is 0.938 bits per heavy atom. The summed E-state index contributed by atoms with van der Waals surface area (Å²) in [6.45, 7) is 11.1. The molecule has 1 N–H and O–H groups in total. The largest absolute Gasteiger partial charge is 0.634 e. The topological polar surface area (TPSA) is 27.5 Å². The van der Waals surface area contributed by atoms with Gasteiger partial charge in [-0.1, -0.05) is 34.6 Å². The monoisotopic (exact) mass is 227 g/mol. The minimum absolute atomic E-state index is 0.0102. The van der Waals surface area contributed by atoms with Crippen LogP contribution in [-0.4, -0.2) is 11.1 Å². The van der Waals surface area contributed by atoms with Gasteiger partial charge in [0.25, 0.3) is 0 Å². The zero-order valence-electron chi connectivity index (χ0n) is 11.7. The highest BCUT2D eigenvalue weighted by molar-refractivity contribution is 4.92. The molecule has 1 rings (SSSR count). The third-order valence-corrected chi connectivity index (χ3v) is 5.15.